The molecule has 3 heteroatoms. The largest absolute Gasteiger partial charge is 0.336 e. The monoisotopic (exact) mass is 256 g/mol. The zero-order valence-corrected chi connectivity index (χ0v) is 11.6. The van der Waals surface area contributed by atoms with Gasteiger partial charge in [0.2, 0.25) is 0 Å². The van der Waals surface area contributed by atoms with Crippen LogP contribution in [0.2, 0.25) is 0 Å². The molecular weight excluding hydrogens is 236 g/mol. The summed E-state index contributed by atoms with van der Waals surface area (Å²) in [5, 5.41) is 0. The Morgan fingerprint density at radius 3 is 2.74 bits per heavy atom. The highest BCUT2D eigenvalue weighted by Gasteiger charge is 2.31. The van der Waals surface area contributed by atoms with E-state index in [2.05, 4.69) is 11.8 Å². The van der Waals surface area contributed by atoms with E-state index in [1.54, 1.807) is 0 Å². The molecule has 100 valence electrons. The molecule has 1 aromatic carbocycles. The molecule has 1 aromatic rings. The highest BCUT2D eigenvalue weighted by atomic mass is 16.2. The van der Waals surface area contributed by atoms with Crippen molar-refractivity contribution in [3.63, 3.8) is 0 Å². The number of amides is 1. The normalized spacial score (nSPS) is 13.6. The Morgan fingerprint density at radius 1 is 1.47 bits per heavy atom. The van der Waals surface area contributed by atoms with Crippen LogP contribution in [0, 0.1) is 18.8 Å². The van der Waals surface area contributed by atoms with Gasteiger partial charge in [-0.15, -0.1) is 0 Å². The van der Waals surface area contributed by atoms with Crippen LogP contribution < -0.4 is 5.73 Å². The average molecular weight is 256 g/mol. The molecule has 0 saturated heterocycles. The number of rotatable bonds is 3. The van der Waals surface area contributed by atoms with Gasteiger partial charge in [-0.1, -0.05) is 11.8 Å². The van der Waals surface area contributed by atoms with Crippen LogP contribution in [0.15, 0.2) is 18.2 Å². The van der Waals surface area contributed by atoms with Gasteiger partial charge in [0.05, 0.1) is 6.54 Å². The molecule has 1 aliphatic carbocycles. The lowest BCUT2D eigenvalue weighted by molar-refractivity contribution is 0.0752. The van der Waals surface area contributed by atoms with Crippen molar-refractivity contribution in [2.24, 2.45) is 5.73 Å². The summed E-state index contributed by atoms with van der Waals surface area (Å²) in [6.07, 6.45) is 2.28. The highest BCUT2D eigenvalue weighted by molar-refractivity contribution is 5.95. The summed E-state index contributed by atoms with van der Waals surface area (Å²) in [5.74, 6) is 5.99. The van der Waals surface area contributed by atoms with E-state index >= 15 is 0 Å². The molecule has 1 amide bonds. The van der Waals surface area contributed by atoms with Crippen LogP contribution in [-0.4, -0.2) is 29.9 Å². The molecule has 0 bridgehead atoms. The number of carbonyl (C=O) groups excluding carboxylic acids is 1. The fraction of sp³-hybridized carbons (Fsp3) is 0.438. The van der Waals surface area contributed by atoms with E-state index in [1.165, 1.54) is 0 Å². The molecular formula is C16H20N2O. The fourth-order valence-electron chi connectivity index (χ4n) is 2.20. The molecule has 0 aliphatic heterocycles. The van der Waals surface area contributed by atoms with Crippen molar-refractivity contribution in [1.29, 1.82) is 0 Å². The first-order chi connectivity index (χ1) is 9.17. The molecule has 0 unspecified atom stereocenters. The number of nitrogens with two attached hydrogens (primary N) is 1. The standard InChI is InChI=1S/C16H20N2O/c1-3-18(15-8-9-15)16(19)14-7-6-13(5-4-10-17)12(2)11-14/h6-7,11,15H,3,8-10,17H2,1-2H3. The Labute approximate surface area is 114 Å². The first-order valence-electron chi connectivity index (χ1n) is 6.78. The van der Waals surface area contributed by atoms with E-state index in [9.17, 15) is 4.79 Å². The Bertz CT molecular complexity index is 535. The maximum atomic E-state index is 12.4. The SMILES string of the molecule is CCN(C(=O)c1ccc(C#CCN)c(C)c1)C1CC1. The predicted molar refractivity (Wildman–Crippen MR) is 76.8 cm³/mol. The minimum absolute atomic E-state index is 0.131. The van der Waals surface area contributed by atoms with E-state index in [1.807, 2.05) is 36.9 Å². The first kappa shape index (κ1) is 13.6. The summed E-state index contributed by atoms with van der Waals surface area (Å²) in [5.41, 5.74) is 8.09. The second-order valence-electron chi connectivity index (χ2n) is 4.86. The number of benzene rings is 1. The van der Waals surface area contributed by atoms with E-state index in [0.717, 1.165) is 36.1 Å². The van der Waals surface area contributed by atoms with Crippen molar-refractivity contribution < 1.29 is 4.79 Å². The van der Waals surface area contributed by atoms with Gasteiger partial charge >= 0.3 is 0 Å². The van der Waals surface area contributed by atoms with Gasteiger partial charge in [0, 0.05) is 23.7 Å². The summed E-state index contributed by atoms with van der Waals surface area (Å²) in [7, 11) is 0. The third-order valence-electron chi connectivity index (χ3n) is 3.39. The fourth-order valence-corrected chi connectivity index (χ4v) is 2.20. The molecule has 0 radical (unpaired) electrons. The Hall–Kier alpha value is -1.79. The van der Waals surface area contributed by atoms with E-state index < -0.39 is 0 Å². The van der Waals surface area contributed by atoms with Gasteiger partial charge in [-0.25, -0.2) is 0 Å². The number of hydrogen-bond acceptors (Lipinski definition) is 2. The lowest BCUT2D eigenvalue weighted by atomic mass is 10.0. The van der Waals surface area contributed by atoms with Gasteiger partial charge in [-0.05, 0) is 50.5 Å². The molecule has 2 rings (SSSR count). The van der Waals surface area contributed by atoms with E-state index in [-0.39, 0.29) is 5.91 Å². The van der Waals surface area contributed by atoms with Crippen LogP contribution in [0.25, 0.3) is 0 Å². The lowest BCUT2D eigenvalue weighted by Crippen LogP contribution is -2.32. The summed E-state index contributed by atoms with van der Waals surface area (Å²) in [6.45, 7) is 5.14. The number of carbonyl (C=O) groups is 1. The van der Waals surface area contributed by atoms with Crippen LogP contribution in [0.5, 0.6) is 0 Å². The third-order valence-corrected chi connectivity index (χ3v) is 3.39. The maximum absolute atomic E-state index is 12.4. The second kappa shape index (κ2) is 5.90. The van der Waals surface area contributed by atoms with Gasteiger partial charge in [0.1, 0.15) is 0 Å². The topological polar surface area (TPSA) is 46.3 Å². The summed E-state index contributed by atoms with van der Waals surface area (Å²) < 4.78 is 0. The van der Waals surface area contributed by atoms with Crippen LogP contribution in [0.1, 0.15) is 41.3 Å². The molecule has 0 aromatic heterocycles. The molecule has 19 heavy (non-hydrogen) atoms. The first-order valence-corrected chi connectivity index (χ1v) is 6.78. The van der Waals surface area contributed by atoms with Gasteiger partial charge in [0.25, 0.3) is 5.91 Å². The predicted octanol–water partition coefficient (Wildman–Crippen LogP) is 1.93. The molecule has 1 saturated carbocycles. The van der Waals surface area contributed by atoms with Crippen LogP contribution in [0.3, 0.4) is 0 Å². The second-order valence-corrected chi connectivity index (χ2v) is 4.86. The number of hydrogen-bond donors (Lipinski definition) is 1. The van der Waals surface area contributed by atoms with Crippen molar-refractivity contribution >= 4 is 5.91 Å². The maximum Gasteiger partial charge on any atom is 0.254 e. The molecule has 0 spiro atoms. The van der Waals surface area contributed by atoms with Crippen molar-refractivity contribution in [1.82, 2.24) is 4.90 Å². The zero-order chi connectivity index (χ0) is 13.8. The van der Waals surface area contributed by atoms with Crippen LogP contribution >= 0.6 is 0 Å². The Balaban J connectivity index is 2.21. The highest BCUT2D eigenvalue weighted by Crippen LogP contribution is 2.28. The molecule has 0 atom stereocenters. The van der Waals surface area contributed by atoms with Crippen LogP contribution in [0.4, 0.5) is 0 Å². The van der Waals surface area contributed by atoms with Gasteiger partial charge in [-0.3, -0.25) is 4.79 Å². The van der Waals surface area contributed by atoms with Crippen LogP contribution in [-0.2, 0) is 0 Å². The minimum Gasteiger partial charge on any atom is -0.336 e. The molecule has 3 nitrogen and oxygen atoms in total. The zero-order valence-electron chi connectivity index (χ0n) is 11.6. The van der Waals surface area contributed by atoms with Gasteiger partial charge in [0.15, 0.2) is 0 Å². The van der Waals surface area contributed by atoms with Crippen molar-refractivity contribution in [3.8, 4) is 11.8 Å². The van der Waals surface area contributed by atoms with Crippen molar-refractivity contribution in [3.05, 3.63) is 34.9 Å². The third kappa shape index (κ3) is 3.15. The quantitative estimate of drug-likeness (QED) is 0.840. The average Bonchev–Trinajstić information content (AvgIpc) is 3.22. The van der Waals surface area contributed by atoms with Crippen molar-refractivity contribution in [2.75, 3.05) is 13.1 Å². The Morgan fingerprint density at radius 2 is 2.21 bits per heavy atom. The Kier molecular flexibility index (Phi) is 4.24. The molecule has 1 aliphatic rings. The molecule has 1 fully saturated rings. The number of aryl methyl sites for hydroxylation is 1. The molecule has 2 N–H and O–H groups in total. The smallest absolute Gasteiger partial charge is 0.254 e. The summed E-state index contributed by atoms with van der Waals surface area (Å²) in [4.78, 5) is 14.4. The summed E-state index contributed by atoms with van der Waals surface area (Å²) >= 11 is 0. The minimum atomic E-state index is 0.131. The summed E-state index contributed by atoms with van der Waals surface area (Å²) in [6, 6.07) is 6.15. The van der Waals surface area contributed by atoms with E-state index in [4.69, 9.17) is 5.73 Å². The van der Waals surface area contributed by atoms with Gasteiger partial charge in [-0.2, -0.15) is 0 Å². The number of nitrogens with zero attached hydrogens (tertiary/aromatic N) is 1. The van der Waals surface area contributed by atoms with Gasteiger partial charge < -0.3 is 10.6 Å². The van der Waals surface area contributed by atoms with E-state index in [0.29, 0.717) is 12.6 Å². The molecule has 0 heterocycles. The lowest BCUT2D eigenvalue weighted by Gasteiger charge is -2.20. The van der Waals surface area contributed by atoms with Crippen molar-refractivity contribution in [2.45, 2.75) is 32.7 Å².